The summed E-state index contributed by atoms with van der Waals surface area (Å²) in [5.74, 6) is 1.90. The standard InChI is InChI=1S/C28H30O4S2/c1-19(15-29)17-31-23-7-3-21(4-8-23)25-11-13-27(33-25)28-14-12-26(34-28)22-5-9-24(10-6-22)32-18-20(2)16-30/h3-14,19-20,29-30H,15-18H2,1-2H3. The first-order valence-electron chi connectivity index (χ1n) is 11.4. The molecule has 0 fully saturated rings. The smallest absolute Gasteiger partial charge is 0.119 e. The highest BCUT2D eigenvalue weighted by Gasteiger charge is 2.10. The topological polar surface area (TPSA) is 58.9 Å². The largest absolute Gasteiger partial charge is 0.493 e. The van der Waals surface area contributed by atoms with Crippen LogP contribution < -0.4 is 9.47 Å². The minimum atomic E-state index is 0.127. The number of hydrogen-bond acceptors (Lipinski definition) is 6. The second kappa shape index (κ2) is 11.7. The van der Waals surface area contributed by atoms with Gasteiger partial charge in [-0.3, -0.25) is 0 Å². The fourth-order valence-corrected chi connectivity index (χ4v) is 5.38. The molecule has 0 radical (unpaired) electrons. The fourth-order valence-electron chi connectivity index (χ4n) is 3.26. The molecule has 0 aliphatic heterocycles. The van der Waals surface area contributed by atoms with Crippen molar-refractivity contribution in [1.82, 2.24) is 0 Å². The molecule has 34 heavy (non-hydrogen) atoms. The molecule has 0 aliphatic rings. The van der Waals surface area contributed by atoms with E-state index in [4.69, 9.17) is 19.7 Å². The van der Waals surface area contributed by atoms with E-state index in [1.54, 1.807) is 22.7 Å². The summed E-state index contributed by atoms with van der Waals surface area (Å²) >= 11 is 3.57. The Morgan fingerprint density at radius 1 is 0.559 bits per heavy atom. The molecular weight excluding hydrogens is 464 g/mol. The van der Waals surface area contributed by atoms with Crippen molar-refractivity contribution < 1.29 is 19.7 Å². The minimum absolute atomic E-state index is 0.127. The molecule has 178 valence electrons. The normalized spacial score (nSPS) is 12.9. The van der Waals surface area contributed by atoms with Crippen molar-refractivity contribution in [3.63, 3.8) is 0 Å². The molecule has 2 N–H and O–H groups in total. The lowest BCUT2D eigenvalue weighted by Gasteiger charge is -2.10. The van der Waals surface area contributed by atoms with Crippen molar-refractivity contribution in [2.75, 3.05) is 26.4 Å². The SMILES string of the molecule is CC(CO)COc1ccc(-c2ccc(-c3ccc(-c4ccc(OCC(C)CO)cc4)s3)s2)cc1. The van der Waals surface area contributed by atoms with E-state index in [1.165, 1.54) is 30.6 Å². The van der Waals surface area contributed by atoms with Crippen LogP contribution in [0.15, 0.2) is 72.8 Å². The highest BCUT2D eigenvalue weighted by molar-refractivity contribution is 7.25. The maximum absolute atomic E-state index is 9.13. The van der Waals surface area contributed by atoms with Crippen LogP contribution in [-0.4, -0.2) is 36.6 Å². The molecule has 2 atom stereocenters. The van der Waals surface area contributed by atoms with Crippen LogP contribution in [0.2, 0.25) is 0 Å². The zero-order chi connectivity index (χ0) is 23.9. The zero-order valence-electron chi connectivity index (χ0n) is 19.4. The predicted octanol–water partition coefficient (Wildman–Crippen LogP) is 6.83. The van der Waals surface area contributed by atoms with Gasteiger partial charge in [-0.1, -0.05) is 13.8 Å². The van der Waals surface area contributed by atoms with Gasteiger partial charge in [-0.15, -0.1) is 22.7 Å². The summed E-state index contributed by atoms with van der Waals surface area (Å²) in [4.78, 5) is 4.94. The molecule has 2 aromatic heterocycles. The average Bonchev–Trinajstić information content (AvgIpc) is 3.56. The van der Waals surface area contributed by atoms with Crippen LogP contribution in [0.3, 0.4) is 0 Å². The van der Waals surface area contributed by atoms with E-state index >= 15 is 0 Å². The second-order valence-electron chi connectivity index (χ2n) is 8.57. The average molecular weight is 495 g/mol. The van der Waals surface area contributed by atoms with Gasteiger partial charge in [0.1, 0.15) is 11.5 Å². The van der Waals surface area contributed by atoms with Crippen LogP contribution in [0, 0.1) is 11.8 Å². The van der Waals surface area contributed by atoms with E-state index < -0.39 is 0 Å². The van der Waals surface area contributed by atoms with Gasteiger partial charge in [0.25, 0.3) is 0 Å². The van der Waals surface area contributed by atoms with Crippen LogP contribution >= 0.6 is 22.7 Å². The summed E-state index contributed by atoms with van der Waals surface area (Å²) in [6, 6.07) is 25.0. The Morgan fingerprint density at radius 3 is 1.26 bits per heavy atom. The quantitative estimate of drug-likeness (QED) is 0.240. The molecule has 0 bridgehead atoms. The van der Waals surface area contributed by atoms with Gasteiger partial charge in [-0.25, -0.2) is 0 Å². The maximum atomic E-state index is 9.13. The van der Waals surface area contributed by atoms with Gasteiger partial charge in [0.05, 0.1) is 13.2 Å². The third-order valence-corrected chi connectivity index (χ3v) is 7.89. The Bertz CT molecular complexity index is 1070. The summed E-state index contributed by atoms with van der Waals surface area (Å²) in [5.41, 5.74) is 2.34. The molecule has 2 unspecified atom stereocenters. The summed E-state index contributed by atoms with van der Waals surface area (Å²) in [7, 11) is 0. The molecular formula is C28H30O4S2. The second-order valence-corrected chi connectivity index (χ2v) is 10.7. The van der Waals surface area contributed by atoms with Gasteiger partial charge < -0.3 is 19.7 Å². The molecule has 0 saturated heterocycles. The Kier molecular flexibility index (Phi) is 8.40. The summed E-state index contributed by atoms with van der Waals surface area (Å²) in [6.45, 7) is 5.21. The Balaban J connectivity index is 1.40. The van der Waals surface area contributed by atoms with E-state index in [2.05, 4.69) is 48.5 Å². The molecule has 0 saturated carbocycles. The Labute approximate surface area is 209 Å². The van der Waals surface area contributed by atoms with Crippen LogP contribution in [0.1, 0.15) is 13.8 Å². The first-order valence-corrected chi connectivity index (χ1v) is 13.1. The van der Waals surface area contributed by atoms with E-state index in [0.29, 0.717) is 13.2 Å². The number of hydrogen-bond donors (Lipinski definition) is 2. The van der Waals surface area contributed by atoms with Crippen molar-refractivity contribution >= 4 is 22.7 Å². The molecule has 2 heterocycles. The van der Waals surface area contributed by atoms with Crippen molar-refractivity contribution in [1.29, 1.82) is 0 Å². The van der Waals surface area contributed by atoms with Crippen molar-refractivity contribution in [2.45, 2.75) is 13.8 Å². The number of ether oxygens (including phenoxy) is 2. The van der Waals surface area contributed by atoms with E-state index in [1.807, 2.05) is 38.1 Å². The highest BCUT2D eigenvalue weighted by Crippen LogP contribution is 2.40. The monoisotopic (exact) mass is 494 g/mol. The Hall–Kier alpha value is -2.64. The van der Waals surface area contributed by atoms with Crippen molar-refractivity contribution in [3.8, 4) is 42.1 Å². The first-order chi connectivity index (χ1) is 16.6. The van der Waals surface area contributed by atoms with E-state index in [-0.39, 0.29) is 25.0 Å². The predicted molar refractivity (Wildman–Crippen MR) is 142 cm³/mol. The number of aliphatic hydroxyl groups excluding tert-OH is 2. The van der Waals surface area contributed by atoms with Crippen molar-refractivity contribution in [2.24, 2.45) is 11.8 Å². The zero-order valence-corrected chi connectivity index (χ0v) is 21.1. The molecule has 0 amide bonds. The van der Waals surface area contributed by atoms with Crippen LogP contribution in [0.5, 0.6) is 11.5 Å². The molecule has 2 aromatic carbocycles. The van der Waals surface area contributed by atoms with Gasteiger partial charge in [0, 0.05) is 44.6 Å². The number of aliphatic hydroxyl groups is 2. The van der Waals surface area contributed by atoms with Crippen LogP contribution in [0.4, 0.5) is 0 Å². The Morgan fingerprint density at radius 2 is 0.912 bits per heavy atom. The minimum Gasteiger partial charge on any atom is -0.493 e. The van der Waals surface area contributed by atoms with E-state index in [9.17, 15) is 0 Å². The lowest BCUT2D eigenvalue weighted by molar-refractivity contribution is 0.174. The van der Waals surface area contributed by atoms with Crippen LogP contribution in [0.25, 0.3) is 30.6 Å². The summed E-state index contributed by atoms with van der Waals surface area (Å²) < 4.78 is 11.5. The van der Waals surface area contributed by atoms with Gasteiger partial charge >= 0.3 is 0 Å². The van der Waals surface area contributed by atoms with Gasteiger partial charge in [-0.2, -0.15) is 0 Å². The third kappa shape index (κ3) is 6.27. The fraction of sp³-hybridized carbons (Fsp3) is 0.286. The van der Waals surface area contributed by atoms with Gasteiger partial charge in [0.15, 0.2) is 0 Å². The molecule has 0 aliphatic carbocycles. The van der Waals surface area contributed by atoms with Crippen molar-refractivity contribution in [3.05, 3.63) is 72.8 Å². The molecule has 4 rings (SSSR count). The lowest BCUT2D eigenvalue weighted by Crippen LogP contribution is -2.11. The maximum Gasteiger partial charge on any atom is 0.119 e. The number of benzene rings is 2. The van der Waals surface area contributed by atoms with Gasteiger partial charge in [0.2, 0.25) is 0 Å². The van der Waals surface area contributed by atoms with E-state index in [0.717, 1.165) is 11.5 Å². The highest BCUT2D eigenvalue weighted by atomic mass is 32.1. The molecule has 4 aromatic rings. The number of thiophene rings is 2. The third-order valence-electron chi connectivity index (χ3n) is 5.42. The molecule has 0 spiro atoms. The van der Waals surface area contributed by atoms with Crippen LogP contribution in [-0.2, 0) is 0 Å². The number of rotatable bonds is 11. The molecule has 6 heteroatoms. The molecule has 4 nitrogen and oxygen atoms in total. The van der Waals surface area contributed by atoms with Gasteiger partial charge in [-0.05, 0) is 83.9 Å². The summed E-state index contributed by atoms with van der Waals surface area (Å²) in [5, 5.41) is 18.3. The lowest BCUT2D eigenvalue weighted by atomic mass is 10.2. The summed E-state index contributed by atoms with van der Waals surface area (Å²) in [6.07, 6.45) is 0. The first kappa shape index (κ1) is 24.5.